The minimum absolute atomic E-state index is 0.0896. The molecule has 9 nitrogen and oxygen atoms in total. The van der Waals surface area contributed by atoms with E-state index in [0.717, 1.165) is 4.31 Å². The third-order valence-corrected chi connectivity index (χ3v) is 7.23. The molecule has 1 amide bonds. The summed E-state index contributed by atoms with van der Waals surface area (Å²) in [5.41, 5.74) is 0.978. The van der Waals surface area contributed by atoms with Crippen LogP contribution in [0.2, 0.25) is 0 Å². The fourth-order valence-electron chi connectivity index (χ4n) is 3.35. The summed E-state index contributed by atoms with van der Waals surface area (Å²) < 4.78 is 33.9. The molecule has 1 heterocycles. The van der Waals surface area contributed by atoms with Crippen LogP contribution in [0.25, 0.3) is 10.9 Å². The standard InChI is InChI=1S/C23H19BrN4O5S/c1-33-19-12-11-15(24)13-20(19)34(31,32)28(16-7-3-2-4-8-16)14-21(29)26-27-22-17-9-5-6-10-18(17)25-23(22)30/h2-13,25,30H,14H2,1H3. The normalized spacial score (nSPS) is 11.7. The van der Waals surface area contributed by atoms with Crippen molar-refractivity contribution in [3.63, 3.8) is 0 Å². The lowest BCUT2D eigenvalue weighted by atomic mass is 10.2. The lowest BCUT2D eigenvalue weighted by Gasteiger charge is -2.24. The molecule has 0 bridgehead atoms. The highest BCUT2D eigenvalue weighted by atomic mass is 79.9. The number of fused-ring (bicyclic) bond motifs is 1. The molecule has 4 rings (SSSR count). The maximum absolute atomic E-state index is 13.6. The van der Waals surface area contributed by atoms with Gasteiger partial charge in [0.1, 0.15) is 17.2 Å². The maximum atomic E-state index is 13.6. The summed E-state index contributed by atoms with van der Waals surface area (Å²) in [5, 5.41) is 18.2. The number of anilines is 1. The summed E-state index contributed by atoms with van der Waals surface area (Å²) >= 11 is 3.28. The highest BCUT2D eigenvalue weighted by Crippen LogP contribution is 2.35. The van der Waals surface area contributed by atoms with E-state index >= 15 is 0 Å². The van der Waals surface area contributed by atoms with Crippen LogP contribution in [0.15, 0.2) is 92.4 Å². The zero-order valence-electron chi connectivity index (χ0n) is 17.8. The van der Waals surface area contributed by atoms with E-state index in [9.17, 15) is 18.3 Å². The van der Waals surface area contributed by atoms with Crippen molar-refractivity contribution in [3.8, 4) is 11.6 Å². The van der Waals surface area contributed by atoms with E-state index in [-0.39, 0.29) is 27.9 Å². The molecular formula is C23H19BrN4O5S. The molecule has 0 saturated heterocycles. The molecule has 0 unspecified atom stereocenters. The number of hydrogen-bond donors (Lipinski definition) is 2. The molecular weight excluding hydrogens is 524 g/mol. The van der Waals surface area contributed by atoms with Crippen LogP contribution in [0.1, 0.15) is 0 Å². The van der Waals surface area contributed by atoms with Crippen LogP contribution in [0.4, 0.5) is 11.4 Å². The second-order valence-electron chi connectivity index (χ2n) is 7.10. The van der Waals surface area contributed by atoms with E-state index < -0.39 is 22.5 Å². The number of para-hydroxylation sites is 2. The predicted molar refractivity (Wildman–Crippen MR) is 131 cm³/mol. The number of halogens is 1. The van der Waals surface area contributed by atoms with Crippen molar-refractivity contribution in [2.75, 3.05) is 18.0 Å². The first-order valence-electron chi connectivity index (χ1n) is 9.97. The van der Waals surface area contributed by atoms with Crippen molar-refractivity contribution >= 4 is 54.1 Å². The Morgan fingerprint density at radius 3 is 2.53 bits per heavy atom. The highest BCUT2D eigenvalue weighted by molar-refractivity contribution is 9.10. The molecule has 0 aliphatic carbocycles. The molecule has 174 valence electrons. The zero-order valence-corrected chi connectivity index (χ0v) is 20.2. The number of rotatable bonds is 7. The maximum Gasteiger partial charge on any atom is 0.285 e. The van der Waals surface area contributed by atoms with Crippen LogP contribution in [0, 0.1) is 0 Å². The highest BCUT2D eigenvalue weighted by Gasteiger charge is 2.30. The first-order valence-corrected chi connectivity index (χ1v) is 12.2. The quantitative estimate of drug-likeness (QED) is 0.312. The smallest absolute Gasteiger partial charge is 0.285 e. The van der Waals surface area contributed by atoms with Crippen LogP contribution in [-0.2, 0) is 14.8 Å². The van der Waals surface area contributed by atoms with E-state index in [0.29, 0.717) is 15.4 Å². The number of carbonyl (C=O) groups excluding carboxylic acids is 1. The number of methoxy groups -OCH3 is 1. The molecule has 0 saturated carbocycles. The Hall–Kier alpha value is -3.70. The first kappa shape index (κ1) is 23.5. The Morgan fingerprint density at radius 1 is 1.09 bits per heavy atom. The minimum Gasteiger partial charge on any atom is -0.495 e. The van der Waals surface area contributed by atoms with Gasteiger partial charge in [-0.3, -0.25) is 9.10 Å². The predicted octanol–water partition coefficient (Wildman–Crippen LogP) is 5.15. The monoisotopic (exact) mass is 542 g/mol. The summed E-state index contributed by atoms with van der Waals surface area (Å²) in [4.78, 5) is 15.4. The van der Waals surface area contributed by atoms with Crippen molar-refractivity contribution < 1.29 is 23.1 Å². The van der Waals surface area contributed by atoms with Crippen molar-refractivity contribution in [2.45, 2.75) is 4.90 Å². The summed E-state index contributed by atoms with van der Waals surface area (Å²) in [6.45, 7) is -0.616. The molecule has 0 atom stereocenters. The van der Waals surface area contributed by atoms with Gasteiger partial charge in [-0.2, -0.15) is 0 Å². The van der Waals surface area contributed by atoms with Gasteiger partial charge >= 0.3 is 0 Å². The number of nitrogens with one attached hydrogen (secondary N) is 1. The average Bonchev–Trinajstić information content (AvgIpc) is 3.16. The van der Waals surface area contributed by atoms with E-state index in [1.165, 1.54) is 19.2 Å². The molecule has 0 spiro atoms. The Bertz CT molecular complexity index is 1490. The number of benzene rings is 3. The fraction of sp³-hybridized carbons (Fsp3) is 0.0870. The van der Waals surface area contributed by atoms with E-state index in [1.807, 2.05) is 0 Å². The Morgan fingerprint density at radius 2 is 1.79 bits per heavy atom. The molecule has 3 aromatic carbocycles. The summed E-state index contributed by atoms with van der Waals surface area (Å²) in [6.07, 6.45) is 0. The van der Waals surface area contributed by atoms with Gasteiger partial charge in [-0.15, -0.1) is 10.2 Å². The molecule has 0 aliphatic rings. The molecule has 0 radical (unpaired) electrons. The molecule has 0 fully saturated rings. The SMILES string of the molecule is COc1ccc(Br)cc1S(=O)(=O)N(CC(=O)N=Nc1c(O)[nH]c2ccccc12)c1ccccc1. The third-order valence-electron chi connectivity index (χ3n) is 4.94. The number of H-pyrrole nitrogens is 1. The number of hydrogen-bond acceptors (Lipinski definition) is 6. The first-order chi connectivity index (χ1) is 16.3. The zero-order chi connectivity index (χ0) is 24.3. The minimum atomic E-state index is -4.23. The molecule has 0 aliphatic heterocycles. The van der Waals surface area contributed by atoms with Crippen molar-refractivity contribution in [1.29, 1.82) is 0 Å². The number of carbonyl (C=O) groups is 1. The van der Waals surface area contributed by atoms with Gasteiger partial charge in [0.15, 0.2) is 5.69 Å². The second-order valence-corrected chi connectivity index (χ2v) is 9.85. The summed E-state index contributed by atoms with van der Waals surface area (Å²) in [7, 11) is -2.87. The van der Waals surface area contributed by atoms with E-state index in [1.54, 1.807) is 60.7 Å². The van der Waals surface area contributed by atoms with Crippen molar-refractivity contribution in [1.82, 2.24) is 4.98 Å². The van der Waals surface area contributed by atoms with E-state index in [4.69, 9.17) is 4.74 Å². The summed E-state index contributed by atoms with van der Waals surface area (Å²) in [6, 6.07) is 19.7. The van der Waals surface area contributed by atoms with Crippen LogP contribution >= 0.6 is 15.9 Å². The van der Waals surface area contributed by atoms with Gasteiger partial charge in [0.2, 0.25) is 5.88 Å². The summed E-state index contributed by atoms with van der Waals surface area (Å²) in [5.74, 6) is -0.947. The van der Waals surface area contributed by atoms with Crippen LogP contribution in [0.3, 0.4) is 0 Å². The number of aromatic nitrogens is 1. The number of nitrogens with zero attached hydrogens (tertiary/aromatic N) is 3. The lowest BCUT2D eigenvalue weighted by Crippen LogP contribution is -2.35. The largest absolute Gasteiger partial charge is 0.495 e. The van der Waals surface area contributed by atoms with Crippen LogP contribution < -0.4 is 9.04 Å². The fourth-order valence-corrected chi connectivity index (χ4v) is 5.47. The Labute approximate surface area is 203 Å². The van der Waals surface area contributed by atoms with Crippen LogP contribution in [0.5, 0.6) is 11.6 Å². The number of aromatic hydroxyl groups is 1. The third kappa shape index (κ3) is 4.66. The van der Waals surface area contributed by atoms with Crippen LogP contribution in [-0.4, -0.2) is 38.1 Å². The van der Waals surface area contributed by atoms with Gasteiger partial charge in [-0.05, 0) is 36.4 Å². The van der Waals surface area contributed by atoms with E-state index in [2.05, 4.69) is 31.1 Å². The van der Waals surface area contributed by atoms with Gasteiger partial charge in [0, 0.05) is 9.86 Å². The molecule has 34 heavy (non-hydrogen) atoms. The molecule has 4 aromatic rings. The van der Waals surface area contributed by atoms with Crippen molar-refractivity contribution in [3.05, 3.63) is 77.3 Å². The number of ether oxygens (including phenoxy) is 1. The van der Waals surface area contributed by atoms with Gasteiger partial charge in [0.05, 0.1) is 18.3 Å². The molecule has 11 heteroatoms. The number of aromatic amines is 1. The van der Waals surface area contributed by atoms with Crippen molar-refractivity contribution in [2.24, 2.45) is 10.2 Å². The second kappa shape index (κ2) is 9.65. The average molecular weight is 543 g/mol. The van der Waals surface area contributed by atoms with Gasteiger partial charge in [-0.1, -0.05) is 52.3 Å². The number of amides is 1. The van der Waals surface area contributed by atoms with Gasteiger partial charge in [-0.25, -0.2) is 8.42 Å². The Balaban J connectivity index is 1.70. The number of azo groups is 1. The topological polar surface area (TPSA) is 124 Å². The molecule has 1 aromatic heterocycles. The Kier molecular flexibility index (Phi) is 6.66. The lowest BCUT2D eigenvalue weighted by molar-refractivity contribution is -0.116. The number of sulfonamides is 1. The van der Waals surface area contributed by atoms with Gasteiger partial charge < -0.3 is 14.8 Å². The van der Waals surface area contributed by atoms with Gasteiger partial charge in [0.25, 0.3) is 15.9 Å². The molecule has 2 N–H and O–H groups in total.